The van der Waals surface area contributed by atoms with Crippen LogP contribution in [0, 0.1) is 0 Å². The summed E-state index contributed by atoms with van der Waals surface area (Å²) in [6.07, 6.45) is 19.2. The van der Waals surface area contributed by atoms with E-state index in [2.05, 4.69) is 22.9 Å². The number of methoxy groups -OCH3 is 1. The van der Waals surface area contributed by atoms with Crippen LogP contribution < -0.4 is 16.0 Å². The molecule has 0 saturated carbocycles. The molecule has 1 aromatic carbocycles. The molecule has 0 saturated heterocycles. The lowest BCUT2D eigenvalue weighted by Crippen LogP contribution is -2.41. The van der Waals surface area contributed by atoms with Crippen LogP contribution in [0.2, 0.25) is 0 Å². The van der Waals surface area contributed by atoms with Gasteiger partial charge >= 0.3 is 5.97 Å². The van der Waals surface area contributed by atoms with Crippen LogP contribution in [-0.4, -0.2) is 55.4 Å². The number of thioether (sulfide) groups is 1. The van der Waals surface area contributed by atoms with E-state index in [0.29, 0.717) is 29.8 Å². The van der Waals surface area contributed by atoms with Crippen molar-refractivity contribution in [3.05, 3.63) is 29.8 Å². The van der Waals surface area contributed by atoms with Gasteiger partial charge in [-0.1, -0.05) is 84.0 Å². The summed E-state index contributed by atoms with van der Waals surface area (Å²) in [5.41, 5.74) is 0.876. The van der Waals surface area contributed by atoms with Gasteiger partial charge in [-0.25, -0.2) is 4.79 Å². The van der Waals surface area contributed by atoms with Gasteiger partial charge in [0.2, 0.25) is 11.8 Å². The molecule has 0 fully saturated rings. The van der Waals surface area contributed by atoms with Crippen LogP contribution in [0.25, 0.3) is 0 Å². The minimum atomic E-state index is -0.715. The lowest BCUT2D eigenvalue weighted by atomic mass is 10.0. The first-order valence-electron chi connectivity index (χ1n) is 15.0. The molecule has 1 atom stereocenters. The van der Waals surface area contributed by atoms with E-state index in [4.69, 9.17) is 4.74 Å². The Morgan fingerprint density at radius 2 is 1.35 bits per heavy atom. The maximum absolute atomic E-state index is 12.5. The lowest BCUT2D eigenvalue weighted by Gasteiger charge is -2.16. The van der Waals surface area contributed by atoms with Crippen molar-refractivity contribution in [2.45, 2.75) is 109 Å². The van der Waals surface area contributed by atoms with E-state index >= 15 is 0 Å². The van der Waals surface area contributed by atoms with Crippen LogP contribution in [0.4, 0.5) is 5.69 Å². The summed E-state index contributed by atoms with van der Waals surface area (Å²) in [7, 11) is 1.29. The van der Waals surface area contributed by atoms with Gasteiger partial charge in [0.15, 0.2) is 0 Å². The molecule has 9 heteroatoms. The maximum Gasteiger partial charge on any atom is 0.328 e. The molecule has 8 nitrogen and oxygen atoms in total. The Hall–Kier alpha value is -2.55. The topological polar surface area (TPSA) is 114 Å². The summed E-state index contributed by atoms with van der Waals surface area (Å²) in [6.45, 7) is 2.15. The Morgan fingerprint density at radius 3 is 1.88 bits per heavy atom. The smallest absolute Gasteiger partial charge is 0.328 e. The Bertz CT molecular complexity index is 863. The molecule has 1 aromatic rings. The third kappa shape index (κ3) is 17.2. The maximum atomic E-state index is 12.5. The van der Waals surface area contributed by atoms with Gasteiger partial charge in [-0.3, -0.25) is 14.4 Å². The van der Waals surface area contributed by atoms with E-state index in [0.717, 1.165) is 19.3 Å². The van der Waals surface area contributed by atoms with Gasteiger partial charge in [-0.05, 0) is 49.1 Å². The second kappa shape index (κ2) is 23.2. The van der Waals surface area contributed by atoms with Gasteiger partial charge in [-0.15, -0.1) is 0 Å². The van der Waals surface area contributed by atoms with Gasteiger partial charge in [0.05, 0.1) is 13.7 Å². The SMILES string of the molecule is CCCCCCCCCCCCCCCC(=O)NCC(=O)Nc1ccc(C(=O)N[C@@H](CCSC)C(=O)OC)cc1. The first-order valence-corrected chi connectivity index (χ1v) is 16.3. The first-order chi connectivity index (χ1) is 19.4. The minimum Gasteiger partial charge on any atom is -0.467 e. The summed E-state index contributed by atoms with van der Waals surface area (Å²) in [6, 6.07) is 5.64. The van der Waals surface area contributed by atoms with Crippen molar-refractivity contribution in [3.8, 4) is 0 Å². The number of anilines is 1. The monoisotopic (exact) mass is 577 g/mol. The molecule has 0 aliphatic rings. The molecule has 40 heavy (non-hydrogen) atoms. The summed E-state index contributed by atoms with van der Waals surface area (Å²) in [5, 5.41) is 8.08. The number of unbranched alkanes of at least 4 members (excludes halogenated alkanes) is 12. The highest BCUT2D eigenvalue weighted by Crippen LogP contribution is 2.13. The average Bonchev–Trinajstić information content (AvgIpc) is 2.96. The molecule has 3 N–H and O–H groups in total. The number of nitrogens with one attached hydrogen (secondary N) is 3. The second-order valence-electron chi connectivity index (χ2n) is 10.2. The van der Waals surface area contributed by atoms with Crippen molar-refractivity contribution in [2.75, 3.05) is 31.0 Å². The normalized spacial score (nSPS) is 11.5. The minimum absolute atomic E-state index is 0.101. The van der Waals surface area contributed by atoms with Crippen LogP contribution in [0.5, 0.6) is 0 Å². The van der Waals surface area contributed by atoms with E-state index in [-0.39, 0.29) is 18.4 Å². The van der Waals surface area contributed by atoms with Crippen LogP contribution >= 0.6 is 11.8 Å². The Kier molecular flexibility index (Phi) is 20.6. The highest BCUT2D eigenvalue weighted by molar-refractivity contribution is 7.98. The average molecular weight is 578 g/mol. The van der Waals surface area contributed by atoms with Crippen molar-refractivity contribution < 1.29 is 23.9 Å². The van der Waals surface area contributed by atoms with E-state index < -0.39 is 17.9 Å². The van der Waals surface area contributed by atoms with Gasteiger partial charge in [-0.2, -0.15) is 11.8 Å². The summed E-state index contributed by atoms with van der Waals surface area (Å²) < 4.78 is 4.77. The molecule has 3 amide bonds. The molecule has 0 heterocycles. The number of ether oxygens (including phenoxy) is 1. The number of hydrogen-bond acceptors (Lipinski definition) is 6. The van der Waals surface area contributed by atoms with E-state index in [9.17, 15) is 19.2 Å². The number of carbonyl (C=O) groups is 4. The third-order valence-electron chi connectivity index (χ3n) is 6.79. The van der Waals surface area contributed by atoms with Gasteiger partial charge in [0.25, 0.3) is 5.91 Å². The Labute approximate surface area is 245 Å². The van der Waals surface area contributed by atoms with Crippen LogP contribution in [0.3, 0.4) is 0 Å². The highest BCUT2D eigenvalue weighted by atomic mass is 32.2. The molecule has 1 rings (SSSR count). The molecule has 0 aliphatic carbocycles. The number of esters is 1. The van der Waals surface area contributed by atoms with Gasteiger partial charge in [0.1, 0.15) is 6.04 Å². The molecule has 0 aromatic heterocycles. The van der Waals surface area contributed by atoms with Crippen molar-refractivity contribution >= 4 is 41.1 Å². The highest BCUT2D eigenvalue weighted by Gasteiger charge is 2.21. The fourth-order valence-corrected chi connectivity index (χ4v) is 4.82. The van der Waals surface area contributed by atoms with Gasteiger partial charge in [0, 0.05) is 17.7 Å². The van der Waals surface area contributed by atoms with Gasteiger partial charge < -0.3 is 20.7 Å². The van der Waals surface area contributed by atoms with E-state index in [1.54, 1.807) is 36.0 Å². The standard InChI is InChI=1S/C31H51N3O5S/c1-4-5-6-7-8-9-10-11-12-13-14-15-16-17-28(35)32-24-29(36)33-26-20-18-25(19-21-26)30(37)34-27(22-23-40-3)31(38)39-2/h18-21,27H,4-17,22-24H2,1-3H3,(H,32,35)(H,33,36)(H,34,37)/t27-/m0/s1. The van der Waals surface area contributed by atoms with Crippen LogP contribution in [0.15, 0.2) is 24.3 Å². The van der Waals surface area contributed by atoms with Crippen molar-refractivity contribution in [1.29, 1.82) is 0 Å². The molecular formula is C31H51N3O5S. The zero-order valence-corrected chi connectivity index (χ0v) is 25.7. The molecule has 0 bridgehead atoms. The third-order valence-corrected chi connectivity index (χ3v) is 7.43. The summed E-state index contributed by atoms with van der Waals surface area (Å²) in [5.74, 6) is -0.621. The molecule has 0 unspecified atom stereocenters. The molecule has 0 radical (unpaired) electrons. The Morgan fingerprint density at radius 1 is 0.800 bits per heavy atom. The first kappa shape index (κ1) is 35.5. The predicted molar refractivity (Wildman–Crippen MR) is 165 cm³/mol. The molecule has 226 valence electrons. The fraction of sp³-hybridized carbons (Fsp3) is 0.677. The number of hydrogen-bond donors (Lipinski definition) is 3. The van der Waals surface area contributed by atoms with Crippen LogP contribution in [-0.2, 0) is 19.1 Å². The number of benzene rings is 1. The zero-order valence-electron chi connectivity index (χ0n) is 24.9. The van der Waals surface area contributed by atoms with Crippen molar-refractivity contribution in [1.82, 2.24) is 10.6 Å². The molecular weight excluding hydrogens is 526 g/mol. The number of carbonyl (C=O) groups excluding carboxylic acids is 4. The zero-order chi connectivity index (χ0) is 29.4. The molecule has 0 aliphatic heterocycles. The second-order valence-corrected chi connectivity index (χ2v) is 11.2. The van der Waals surface area contributed by atoms with Crippen molar-refractivity contribution in [2.24, 2.45) is 0 Å². The predicted octanol–water partition coefficient (Wildman–Crippen LogP) is 6.25. The summed E-state index contributed by atoms with van der Waals surface area (Å²) in [4.78, 5) is 48.7. The number of rotatable bonds is 23. The van der Waals surface area contributed by atoms with E-state index in [1.165, 1.54) is 71.3 Å². The summed E-state index contributed by atoms with van der Waals surface area (Å²) >= 11 is 1.58. The lowest BCUT2D eigenvalue weighted by molar-refractivity contribution is -0.142. The number of amides is 3. The largest absolute Gasteiger partial charge is 0.467 e. The van der Waals surface area contributed by atoms with Crippen molar-refractivity contribution in [3.63, 3.8) is 0 Å². The fourth-order valence-electron chi connectivity index (χ4n) is 4.35. The molecule has 0 spiro atoms. The van der Waals surface area contributed by atoms with Crippen LogP contribution in [0.1, 0.15) is 114 Å². The van der Waals surface area contributed by atoms with E-state index in [1.807, 2.05) is 6.26 Å². The quantitative estimate of drug-likeness (QED) is 0.105. The Balaban J connectivity index is 2.18.